The molecule has 5 atom stereocenters. The largest absolute Gasteiger partial charge is 0.447 e. The van der Waals surface area contributed by atoms with E-state index in [1.807, 2.05) is 6.92 Å². The molecule has 2 aliphatic carbocycles. The Kier molecular flexibility index (Phi) is 4.61. The second-order valence-corrected chi connectivity index (χ2v) is 7.51. The molecule has 2 fully saturated rings. The Morgan fingerprint density at radius 2 is 1.31 bits per heavy atom. The topological polar surface area (TPSA) is 26.3 Å². The van der Waals surface area contributed by atoms with E-state index < -0.39 is 41.4 Å². The normalized spacial score (nSPS) is 35.7. The van der Waals surface area contributed by atoms with E-state index in [0.717, 1.165) is 6.92 Å². The van der Waals surface area contributed by atoms with Gasteiger partial charge in [-0.25, -0.2) is 0 Å². The fourth-order valence-corrected chi connectivity index (χ4v) is 4.50. The molecule has 2 nitrogen and oxygen atoms in total. The maximum absolute atomic E-state index is 12.9. The maximum atomic E-state index is 12.9. The van der Waals surface area contributed by atoms with Gasteiger partial charge >= 0.3 is 30.1 Å². The van der Waals surface area contributed by atoms with E-state index in [0.29, 0.717) is 6.42 Å². The Morgan fingerprint density at radius 1 is 0.885 bits per heavy atom. The SMILES string of the molecule is CC1C2CC(C1C)C(C)(C(=O)OC(C(F)(F)F)(C(F)(F)F)C(F)(F)F)C2. The molecule has 5 unspecified atom stereocenters. The zero-order valence-corrected chi connectivity index (χ0v) is 13.9. The summed E-state index contributed by atoms with van der Waals surface area (Å²) >= 11 is 0. The summed E-state index contributed by atoms with van der Waals surface area (Å²) in [5.41, 5.74) is -8.38. The van der Waals surface area contributed by atoms with Crippen LogP contribution < -0.4 is 0 Å². The Labute approximate surface area is 143 Å². The predicted octanol–water partition coefficient (Wildman–Crippen LogP) is 5.27. The smallest absolute Gasteiger partial charge is 0.432 e. The molecule has 0 amide bonds. The summed E-state index contributed by atoms with van der Waals surface area (Å²) in [6.45, 7) is 4.58. The van der Waals surface area contributed by atoms with Crippen molar-refractivity contribution >= 4 is 5.97 Å². The first-order chi connectivity index (χ1) is 11.4. The molecule has 0 aromatic carbocycles. The third-order valence-corrected chi connectivity index (χ3v) is 6.18. The second-order valence-electron chi connectivity index (χ2n) is 7.51. The number of carbonyl (C=O) groups is 1. The average Bonchev–Trinajstić information content (AvgIpc) is 2.89. The summed E-state index contributed by atoms with van der Waals surface area (Å²) in [6, 6.07) is 0. The molecule has 11 heteroatoms. The van der Waals surface area contributed by atoms with Crippen LogP contribution in [0.1, 0.15) is 33.6 Å². The van der Waals surface area contributed by atoms with Gasteiger partial charge in [0.1, 0.15) is 0 Å². The monoisotopic (exact) mass is 400 g/mol. The Hall–Kier alpha value is -1.16. The summed E-state index contributed by atoms with van der Waals surface area (Å²) < 4.78 is 120. The van der Waals surface area contributed by atoms with Crippen LogP contribution in [0.3, 0.4) is 0 Å². The van der Waals surface area contributed by atoms with Gasteiger partial charge in [-0.1, -0.05) is 13.8 Å². The molecular weight excluding hydrogens is 383 g/mol. The van der Waals surface area contributed by atoms with Gasteiger partial charge in [-0.3, -0.25) is 4.79 Å². The third-order valence-electron chi connectivity index (χ3n) is 6.18. The molecule has 2 saturated carbocycles. The summed E-state index contributed by atoms with van der Waals surface area (Å²) in [4.78, 5) is 12.2. The minimum absolute atomic E-state index is 0.0680. The van der Waals surface area contributed by atoms with Crippen molar-refractivity contribution in [3.8, 4) is 0 Å². The molecule has 2 aliphatic rings. The lowest BCUT2D eigenvalue weighted by molar-refractivity contribution is -0.447. The van der Waals surface area contributed by atoms with E-state index in [-0.39, 0.29) is 24.2 Å². The molecular formula is C15H17F9O2. The molecule has 26 heavy (non-hydrogen) atoms. The van der Waals surface area contributed by atoms with Crippen molar-refractivity contribution in [3.63, 3.8) is 0 Å². The zero-order valence-electron chi connectivity index (χ0n) is 13.9. The first-order valence-electron chi connectivity index (χ1n) is 7.83. The highest BCUT2D eigenvalue weighted by Gasteiger charge is 2.88. The number of fused-ring (bicyclic) bond motifs is 2. The van der Waals surface area contributed by atoms with Crippen LogP contribution in [-0.2, 0) is 9.53 Å². The summed E-state index contributed by atoms with van der Waals surface area (Å²) in [6.07, 6.45) is -20.5. The molecule has 2 rings (SSSR count). The van der Waals surface area contributed by atoms with E-state index >= 15 is 0 Å². The van der Waals surface area contributed by atoms with Crippen LogP contribution in [0, 0.1) is 29.1 Å². The van der Waals surface area contributed by atoms with Gasteiger partial charge in [0.25, 0.3) is 0 Å². The lowest BCUT2D eigenvalue weighted by Gasteiger charge is -2.43. The van der Waals surface area contributed by atoms with Crippen LogP contribution in [0.4, 0.5) is 39.5 Å². The third kappa shape index (κ3) is 2.67. The molecule has 0 aromatic rings. The van der Waals surface area contributed by atoms with Gasteiger partial charge in [-0.15, -0.1) is 0 Å². The van der Waals surface area contributed by atoms with Crippen LogP contribution >= 0.6 is 0 Å². The number of hydrogen-bond donors (Lipinski definition) is 0. The highest BCUT2D eigenvalue weighted by Crippen LogP contribution is 2.63. The van der Waals surface area contributed by atoms with Crippen molar-refractivity contribution in [2.24, 2.45) is 29.1 Å². The van der Waals surface area contributed by atoms with Gasteiger partial charge in [0.15, 0.2) is 0 Å². The van der Waals surface area contributed by atoms with Crippen LogP contribution in [0.5, 0.6) is 0 Å². The molecule has 0 spiro atoms. The van der Waals surface area contributed by atoms with E-state index in [2.05, 4.69) is 4.74 Å². The van der Waals surface area contributed by atoms with Gasteiger partial charge in [0.05, 0.1) is 5.41 Å². The first-order valence-corrected chi connectivity index (χ1v) is 7.83. The number of carbonyl (C=O) groups excluding carboxylic acids is 1. The lowest BCUT2D eigenvalue weighted by atomic mass is 9.66. The molecule has 0 N–H and O–H groups in total. The summed E-state index contributed by atoms with van der Waals surface area (Å²) in [5, 5.41) is 0. The van der Waals surface area contributed by atoms with Gasteiger partial charge in [-0.05, 0) is 43.4 Å². The van der Waals surface area contributed by atoms with Crippen LogP contribution in [0.25, 0.3) is 0 Å². The van der Waals surface area contributed by atoms with Gasteiger partial charge < -0.3 is 4.74 Å². The Balaban J connectivity index is 2.46. The molecule has 152 valence electrons. The van der Waals surface area contributed by atoms with Gasteiger partial charge in [0.2, 0.25) is 0 Å². The molecule has 0 aliphatic heterocycles. The van der Waals surface area contributed by atoms with Crippen molar-refractivity contribution in [3.05, 3.63) is 0 Å². The van der Waals surface area contributed by atoms with Gasteiger partial charge in [0, 0.05) is 0 Å². The molecule has 0 radical (unpaired) electrons. The number of halogens is 9. The van der Waals surface area contributed by atoms with Crippen LogP contribution in [-0.4, -0.2) is 30.1 Å². The fourth-order valence-electron chi connectivity index (χ4n) is 4.50. The highest BCUT2D eigenvalue weighted by molar-refractivity contribution is 5.78. The average molecular weight is 400 g/mol. The van der Waals surface area contributed by atoms with E-state index in [4.69, 9.17) is 0 Å². The fraction of sp³-hybridized carbons (Fsp3) is 0.933. The van der Waals surface area contributed by atoms with E-state index in [9.17, 15) is 44.3 Å². The standard InChI is InChI=1S/C15H17F9O2/c1-6-7(2)9-4-8(6)5-11(9,3)10(25)26-12(13(16,17)18,14(19,20)21)15(22,23)24/h6-9H,4-5H2,1-3H3. The number of ether oxygens (including phenoxy) is 1. The maximum Gasteiger partial charge on any atom is 0.447 e. The molecule has 2 bridgehead atoms. The minimum atomic E-state index is -6.91. The number of rotatable bonds is 2. The summed E-state index contributed by atoms with van der Waals surface area (Å²) in [7, 11) is 0. The Bertz CT molecular complexity index is 539. The van der Waals surface area contributed by atoms with Crippen LogP contribution in [0.15, 0.2) is 0 Å². The van der Waals surface area contributed by atoms with E-state index in [1.165, 1.54) is 0 Å². The van der Waals surface area contributed by atoms with Crippen molar-refractivity contribution in [2.45, 2.75) is 57.7 Å². The molecule has 0 aromatic heterocycles. The molecule has 0 heterocycles. The number of hydrogen-bond acceptors (Lipinski definition) is 2. The van der Waals surface area contributed by atoms with Crippen LogP contribution in [0.2, 0.25) is 0 Å². The van der Waals surface area contributed by atoms with Gasteiger partial charge in [-0.2, -0.15) is 39.5 Å². The number of alkyl halides is 9. The van der Waals surface area contributed by atoms with Crippen molar-refractivity contribution < 1.29 is 49.0 Å². The first kappa shape index (κ1) is 21.1. The molecule has 0 saturated heterocycles. The highest BCUT2D eigenvalue weighted by atomic mass is 19.4. The number of esters is 1. The second kappa shape index (κ2) is 5.67. The summed E-state index contributed by atoms with van der Waals surface area (Å²) in [5.74, 6) is -3.08. The predicted molar refractivity (Wildman–Crippen MR) is 69.6 cm³/mol. The van der Waals surface area contributed by atoms with E-state index in [1.54, 1.807) is 6.92 Å². The quantitative estimate of drug-likeness (QED) is 0.466. The van der Waals surface area contributed by atoms with Crippen molar-refractivity contribution in [1.82, 2.24) is 0 Å². The zero-order chi connectivity index (χ0) is 20.5. The minimum Gasteiger partial charge on any atom is -0.432 e. The Morgan fingerprint density at radius 3 is 1.62 bits per heavy atom. The van der Waals surface area contributed by atoms with Crippen molar-refractivity contribution in [1.29, 1.82) is 0 Å². The van der Waals surface area contributed by atoms with Crippen molar-refractivity contribution in [2.75, 3.05) is 0 Å². The lowest BCUT2D eigenvalue weighted by Crippen LogP contribution is -2.69.